The van der Waals surface area contributed by atoms with Crippen LogP contribution >= 0.6 is 0 Å². The van der Waals surface area contributed by atoms with Crippen LogP contribution in [0.25, 0.3) is 5.65 Å². The minimum atomic E-state index is -0.0831. The molecule has 2 aromatic heterocycles. The molecule has 0 aliphatic carbocycles. The molecule has 0 bridgehead atoms. The highest BCUT2D eigenvalue weighted by Crippen LogP contribution is 2.19. The Morgan fingerprint density at radius 2 is 1.72 bits per heavy atom. The number of likely N-dealkylation sites (N-methyl/N-ethyl adjacent to an activating group) is 1. The minimum Gasteiger partial charge on any atom is -0.487 e. The van der Waals surface area contributed by atoms with Gasteiger partial charge in [0, 0.05) is 50.7 Å². The molecular weight excluding hydrogens is 450 g/mol. The third kappa shape index (κ3) is 5.93. The predicted molar refractivity (Wildman–Crippen MR) is 141 cm³/mol. The molecule has 4 aromatic rings. The third-order valence-corrected chi connectivity index (χ3v) is 6.70. The molecule has 3 heterocycles. The van der Waals surface area contributed by atoms with Gasteiger partial charge < -0.3 is 19.4 Å². The van der Waals surface area contributed by atoms with E-state index in [1.165, 1.54) is 5.56 Å². The number of pyridine rings is 1. The molecule has 0 radical (unpaired) electrons. The summed E-state index contributed by atoms with van der Waals surface area (Å²) < 4.78 is 7.93. The normalized spacial score (nSPS) is 15.6. The first kappa shape index (κ1) is 24.0. The summed E-state index contributed by atoms with van der Waals surface area (Å²) in [4.78, 5) is 22.5. The van der Waals surface area contributed by atoms with E-state index < -0.39 is 0 Å². The fourth-order valence-electron chi connectivity index (χ4n) is 4.53. The SMILES string of the molecule is Cc1ccc2nc(COc3ccc(C(=O)NC(CN4CCN(C)CC4)c4ccccc4)cc3)cn2c1. The number of amides is 1. The maximum absolute atomic E-state index is 13.1. The zero-order valence-electron chi connectivity index (χ0n) is 20.9. The van der Waals surface area contributed by atoms with E-state index in [0.717, 1.165) is 49.6 Å². The molecule has 7 nitrogen and oxygen atoms in total. The minimum absolute atomic E-state index is 0.0725. The van der Waals surface area contributed by atoms with E-state index in [1.54, 1.807) is 0 Å². The van der Waals surface area contributed by atoms with Gasteiger partial charge in [0.25, 0.3) is 5.91 Å². The number of carbonyl (C=O) groups is 1. The van der Waals surface area contributed by atoms with Gasteiger partial charge in [0.15, 0.2) is 0 Å². The summed E-state index contributed by atoms with van der Waals surface area (Å²) in [7, 11) is 2.15. The monoisotopic (exact) mass is 483 g/mol. The van der Waals surface area contributed by atoms with Gasteiger partial charge in [-0.25, -0.2) is 4.98 Å². The second-order valence-electron chi connectivity index (χ2n) is 9.56. The number of ether oxygens (including phenoxy) is 1. The summed E-state index contributed by atoms with van der Waals surface area (Å²) in [5.74, 6) is 0.622. The lowest BCUT2D eigenvalue weighted by Gasteiger charge is -2.35. The van der Waals surface area contributed by atoms with Crippen LogP contribution in [0.1, 0.15) is 33.2 Å². The number of piperazine rings is 1. The average Bonchev–Trinajstić information content (AvgIpc) is 3.31. The van der Waals surface area contributed by atoms with Crippen molar-refractivity contribution in [3.05, 3.63) is 102 Å². The quantitative estimate of drug-likeness (QED) is 0.411. The number of aryl methyl sites for hydroxylation is 1. The van der Waals surface area contributed by atoms with E-state index in [9.17, 15) is 4.79 Å². The van der Waals surface area contributed by atoms with Gasteiger partial charge in [0.05, 0.1) is 11.7 Å². The van der Waals surface area contributed by atoms with Crippen LogP contribution < -0.4 is 10.1 Å². The molecule has 1 amide bonds. The molecule has 1 aliphatic rings. The Kier molecular flexibility index (Phi) is 7.30. The fraction of sp³-hybridized carbons (Fsp3) is 0.310. The van der Waals surface area contributed by atoms with E-state index in [2.05, 4.69) is 46.2 Å². The number of fused-ring (bicyclic) bond motifs is 1. The van der Waals surface area contributed by atoms with Gasteiger partial charge in [0.1, 0.15) is 18.0 Å². The molecule has 0 spiro atoms. The van der Waals surface area contributed by atoms with Crippen molar-refractivity contribution < 1.29 is 9.53 Å². The highest BCUT2D eigenvalue weighted by Gasteiger charge is 2.21. The molecule has 1 saturated heterocycles. The van der Waals surface area contributed by atoms with Crippen molar-refractivity contribution in [2.45, 2.75) is 19.6 Å². The summed E-state index contributed by atoms with van der Waals surface area (Å²) >= 11 is 0. The maximum Gasteiger partial charge on any atom is 0.251 e. The first-order valence-corrected chi connectivity index (χ1v) is 12.5. The standard InChI is InChI=1S/C29H33N5O2/c1-22-8-13-28-30-25(19-34(28)18-22)21-36-26-11-9-24(10-12-26)29(35)31-27(23-6-4-3-5-7-23)20-33-16-14-32(2)15-17-33/h3-13,18-19,27H,14-17,20-21H2,1-2H3,(H,31,35). The van der Waals surface area contributed by atoms with Crippen molar-refractivity contribution in [3.8, 4) is 5.75 Å². The molecule has 1 atom stereocenters. The lowest BCUT2D eigenvalue weighted by Crippen LogP contribution is -2.47. The molecule has 1 fully saturated rings. The van der Waals surface area contributed by atoms with Crippen molar-refractivity contribution in [2.24, 2.45) is 0 Å². The van der Waals surface area contributed by atoms with Crippen LogP contribution in [-0.4, -0.2) is 64.9 Å². The lowest BCUT2D eigenvalue weighted by atomic mass is 10.0. The molecular formula is C29H33N5O2. The Balaban J connectivity index is 1.21. The second kappa shape index (κ2) is 10.9. The van der Waals surface area contributed by atoms with Crippen LogP contribution in [0.5, 0.6) is 5.75 Å². The number of aromatic nitrogens is 2. The smallest absolute Gasteiger partial charge is 0.251 e. The summed E-state index contributed by atoms with van der Waals surface area (Å²) in [5, 5.41) is 3.26. The Hall–Kier alpha value is -3.68. The molecule has 5 rings (SSSR count). The number of rotatable bonds is 8. The molecule has 1 aliphatic heterocycles. The number of hydrogen-bond donors (Lipinski definition) is 1. The van der Waals surface area contributed by atoms with Crippen LogP contribution in [0, 0.1) is 6.92 Å². The van der Waals surface area contributed by atoms with E-state index >= 15 is 0 Å². The van der Waals surface area contributed by atoms with E-state index in [1.807, 2.05) is 71.4 Å². The van der Waals surface area contributed by atoms with Gasteiger partial charge in [-0.1, -0.05) is 36.4 Å². The molecule has 1 unspecified atom stereocenters. The number of hydrogen-bond acceptors (Lipinski definition) is 5. The van der Waals surface area contributed by atoms with E-state index in [4.69, 9.17) is 4.74 Å². The topological polar surface area (TPSA) is 62.1 Å². The highest BCUT2D eigenvalue weighted by molar-refractivity contribution is 5.94. The van der Waals surface area contributed by atoms with Gasteiger partial charge >= 0.3 is 0 Å². The Labute approximate surface area is 212 Å². The number of carbonyl (C=O) groups excluding carboxylic acids is 1. The van der Waals surface area contributed by atoms with Crippen molar-refractivity contribution >= 4 is 11.6 Å². The molecule has 0 saturated carbocycles. The molecule has 2 aromatic carbocycles. The van der Waals surface area contributed by atoms with Gasteiger partial charge in [0.2, 0.25) is 0 Å². The van der Waals surface area contributed by atoms with Crippen molar-refractivity contribution in [1.29, 1.82) is 0 Å². The van der Waals surface area contributed by atoms with Crippen LogP contribution in [0.15, 0.2) is 79.1 Å². The summed E-state index contributed by atoms with van der Waals surface area (Å²) in [6, 6.07) is 21.5. The molecule has 36 heavy (non-hydrogen) atoms. The molecule has 186 valence electrons. The average molecular weight is 484 g/mol. The fourth-order valence-corrected chi connectivity index (χ4v) is 4.53. The number of benzene rings is 2. The molecule has 1 N–H and O–H groups in total. The maximum atomic E-state index is 13.1. The van der Waals surface area contributed by atoms with Crippen molar-refractivity contribution in [1.82, 2.24) is 24.5 Å². The van der Waals surface area contributed by atoms with Crippen LogP contribution in [0.2, 0.25) is 0 Å². The van der Waals surface area contributed by atoms with E-state index in [0.29, 0.717) is 17.9 Å². The second-order valence-corrected chi connectivity index (χ2v) is 9.56. The summed E-state index contributed by atoms with van der Waals surface area (Å²) in [6.45, 7) is 7.33. The number of imidazole rings is 1. The first-order valence-electron chi connectivity index (χ1n) is 12.5. The third-order valence-electron chi connectivity index (χ3n) is 6.70. The van der Waals surface area contributed by atoms with Crippen molar-refractivity contribution in [3.63, 3.8) is 0 Å². The Bertz CT molecular complexity index is 1290. The van der Waals surface area contributed by atoms with Crippen LogP contribution in [0.4, 0.5) is 0 Å². The zero-order valence-corrected chi connectivity index (χ0v) is 20.9. The number of nitrogens with zero attached hydrogens (tertiary/aromatic N) is 4. The Morgan fingerprint density at radius 3 is 2.47 bits per heavy atom. The predicted octanol–water partition coefficient (Wildman–Crippen LogP) is 3.94. The summed E-state index contributed by atoms with van der Waals surface area (Å²) in [5.41, 5.74) is 4.67. The lowest BCUT2D eigenvalue weighted by molar-refractivity contribution is 0.0907. The first-order chi connectivity index (χ1) is 17.5. The summed E-state index contributed by atoms with van der Waals surface area (Å²) in [6.07, 6.45) is 4.03. The van der Waals surface area contributed by atoms with Gasteiger partial charge in [-0.3, -0.25) is 9.69 Å². The Morgan fingerprint density at radius 1 is 0.972 bits per heavy atom. The van der Waals surface area contributed by atoms with Gasteiger partial charge in [-0.2, -0.15) is 0 Å². The largest absolute Gasteiger partial charge is 0.487 e. The van der Waals surface area contributed by atoms with Gasteiger partial charge in [-0.05, 0) is 55.4 Å². The van der Waals surface area contributed by atoms with Crippen LogP contribution in [0.3, 0.4) is 0 Å². The van der Waals surface area contributed by atoms with Crippen LogP contribution in [-0.2, 0) is 6.61 Å². The molecule has 7 heteroatoms. The number of nitrogens with one attached hydrogen (secondary N) is 1. The van der Waals surface area contributed by atoms with Crippen molar-refractivity contribution in [2.75, 3.05) is 39.8 Å². The highest BCUT2D eigenvalue weighted by atomic mass is 16.5. The van der Waals surface area contributed by atoms with E-state index in [-0.39, 0.29) is 11.9 Å². The van der Waals surface area contributed by atoms with Gasteiger partial charge in [-0.15, -0.1) is 0 Å². The zero-order chi connectivity index (χ0) is 24.9.